The molecule has 2 saturated heterocycles. The van der Waals surface area contributed by atoms with Crippen LogP contribution in [0.3, 0.4) is 0 Å². The van der Waals surface area contributed by atoms with Gasteiger partial charge in [-0.3, -0.25) is 14.5 Å². The average Bonchev–Trinajstić information content (AvgIpc) is 3.32. The van der Waals surface area contributed by atoms with Crippen molar-refractivity contribution in [2.24, 2.45) is 0 Å². The number of carbonyl (C=O) groups is 3. The van der Waals surface area contributed by atoms with Crippen LogP contribution in [0.15, 0.2) is 48.5 Å². The van der Waals surface area contributed by atoms with E-state index in [9.17, 15) is 18.8 Å². The number of hydrogen-bond acceptors (Lipinski definition) is 3. The largest absolute Gasteiger partial charge is 0.339 e. The number of halogens is 1. The molecule has 2 aliphatic heterocycles. The first-order valence-electron chi connectivity index (χ1n) is 9.67. The summed E-state index contributed by atoms with van der Waals surface area (Å²) in [4.78, 5) is 40.8. The Morgan fingerprint density at radius 1 is 1.03 bits per heavy atom. The molecule has 4 amide bonds. The molecule has 29 heavy (non-hydrogen) atoms. The highest BCUT2D eigenvalue weighted by Crippen LogP contribution is 2.30. The molecule has 0 spiro atoms. The Labute approximate surface area is 168 Å². The van der Waals surface area contributed by atoms with Gasteiger partial charge in [0.25, 0.3) is 11.8 Å². The van der Waals surface area contributed by atoms with Gasteiger partial charge < -0.3 is 10.2 Å². The molecule has 6 nitrogen and oxygen atoms in total. The standard InChI is InChI=1S/C22H22FN3O3/c1-22(17-8-10-18(23)11-9-17)20(28)26(21(29)24-22)14-15-4-6-16(7-5-15)19(27)25-12-2-3-13-25/h4-11H,2-3,12-14H2,1H3,(H,24,29). The summed E-state index contributed by atoms with van der Waals surface area (Å²) in [5, 5.41) is 2.71. The summed E-state index contributed by atoms with van der Waals surface area (Å²) in [6.07, 6.45) is 2.06. The molecule has 0 aromatic heterocycles. The Morgan fingerprint density at radius 3 is 2.28 bits per heavy atom. The Morgan fingerprint density at radius 2 is 1.66 bits per heavy atom. The summed E-state index contributed by atoms with van der Waals surface area (Å²) in [5.74, 6) is -0.797. The third-order valence-corrected chi connectivity index (χ3v) is 5.63. The lowest BCUT2D eigenvalue weighted by atomic mass is 9.92. The lowest BCUT2D eigenvalue weighted by Crippen LogP contribution is -2.40. The van der Waals surface area contributed by atoms with E-state index in [1.54, 1.807) is 31.2 Å². The molecule has 2 heterocycles. The maximum Gasteiger partial charge on any atom is 0.325 e. The average molecular weight is 395 g/mol. The minimum Gasteiger partial charge on any atom is -0.339 e. The van der Waals surface area contributed by atoms with Crippen molar-refractivity contribution in [1.82, 2.24) is 15.1 Å². The second kappa shape index (κ2) is 7.31. The fourth-order valence-electron chi connectivity index (χ4n) is 3.86. The van der Waals surface area contributed by atoms with Gasteiger partial charge in [0.05, 0.1) is 6.54 Å². The van der Waals surface area contributed by atoms with Gasteiger partial charge in [-0.15, -0.1) is 0 Å². The Hall–Kier alpha value is -3.22. The number of benzene rings is 2. The van der Waals surface area contributed by atoms with E-state index < -0.39 is 23.3 Å². The Kier molecular flexibility index (Phi) is 4.82. The lowest BCUT2D eigenvalue weighted by molar-refractivity contribution is -0.131. The molecular formula is C22H22FN3O3. The first-order valence-corrected chi connectivity index (χ1v) is 9.67. The number of carbonyl (C=O) groups excluding carboxylic acids is 3. The summed E-state index contributed by atoms with van der Waals surface area (Å²) in [7, 11) is 0. The maximum atomic E-state index is 13.2. The van der Waals surface area contributed by atoms with Gasteiger partial charge in [-0.25, -0.2) is 9.18 Å². The molecular weight excluding hydrogens is 373 g/mol. The molecule has 1 unspecified atom stereocenters. The summed E-state index contributed by atoms with van der Waals surface area (Å²) in [6, 6.07) is 12.0. The Balaban J connectivity index is 1.49. The predicted octanol–water partition coefficient (Wildman–Crippen LogP) is 3.03. The minimum atomic E-state index is -1.24. The second-order valence-corrected chi connectivity index (χ2v) is 7.65. The van der Waals surface area contributed by atoms with Crippen LogP contribution in [-0.4, -0.2) is 40.7 Å². The van der Waals surface area contributed by atoms with Crippen LogP contribution in [0, 0.1) is 5.82 Å². The van der Waals surface area contributed by atoms with E-state index in [-0.39, 0.29) is 12.5 Å². The molecule has 4 rings (SSSR count). The summed E-state index contributed by atoms with van der Waals surface area (Å²) in [6.45, 7) is 3.27. The number of likely N-dealkylation sites (tertiary alicyclic amines) is 1. The first kappa shape index (κ1) is 19.1. The fourth-order valence-corrected chi connectivity index (χ4v) is 3.86. The van der Waals surface area contributed by atoms with E-state index >= 15 is 0 Å². The van der Waals surface area contributed by atoms with Crippen molar-refractivity contribution in [3.63, 3.8) is 0 Å². The molecule has 1 atom stereocenters. The van der Waals surface area contributed by atoms with Crippen molar-refractivity contribution < 1.29 is 18.8 Å². The summed E-state index contributed by atoms with van der Waals surface area (Å²) < 4.78 is 13.2. The van der Waals surface area contributed by atoms with Gasteiger partial charge in [0.15, 0.2) is 0 Å². The van der Waals surface area contributed by atoms with E-state index in [0.717, 1.165) is 36.4 Å². The van der Waals surface area contributed by atoms with Crippen LogP contribution in [0.2, 0.25) is 0 Å². The molecule has 2 aromatic carbocycles. The van der Waals surface area contributed by atoms with E-state index in [4.69, 9.17) is 0 Å². The third kappa shape index (κ3) is 3.48. The van der Waals surface area contributed by atoms with Crippen molar-refractivity contribution in [2.45, 2.75) is 31.8 Å². The van der Waals surface area contributed by atoms with Gasteiger partial charge in [-0.1, -0.05) is 24.3 Å². The van der Waals surface area contributed by atoms with Gasteiger partial charge >= 0.3 is 6.03 Å². The highest BCUT2D eigenvalue weighted by Gasteiger charge is 2.48. The van der Waals surface area contributed by atoms with Gasteiger partial charge in [0.1, 0.15) is 11.4 Å². The second-order valence-electron chi connectivity index (χ2n) is 7.65. The van der Waals surface area contributed by atoms with Crippen molar-refractivity contribution >= 4 is 17.8 Å². The molecule has 0 saturated carbocycles. The zero-order valence-electron chi connectivity index (χ0n) is 16.2. The minimum absolute atomic E-state index is 0.00734. The monoisotopic (exact) mass is 395 g/mol. The van der Waals surface area contributed by atoms with Crippen LogP contribution < -0.4 is 5.32 Å². The normalized spacial score (nSPS) is 21.6. The molecule has 2 fully saturated rings. The van der Waals surface area contributed by atoms with Crippen LogP contribution >= 0.6 is 0 Å². The van der Waals surface area contributed by atoms with Crippen LogP contribution in [0.1, 0.15) is 41.3 Å². The van der Waals surface area contributed by atoms with Crippen molar-refractivity contribution in [1.29, 1.82) is 0 Å². The highest BCUT2D eigenvalue weighted by atomic mass is 19.1. The predicted molar refractivity (Wildman–Crippen MR) is 104 cm³/mol. The van der Waals surface area contributed by atoms with Gasteiger partial charge in [0, 0.05) is 18.7 Å². The quantitative estimate of drug-likeness (QED) is 0.809. The topological polar surface area (TPSA) is 69.7 Å². The van der Waals surface area contributed by atoms with E-state index in [2.05, 4.69) is 5.32 Å². The molecule has 2 aromatic rings. The first-order chi connectivity index (χ1) is 13.9. The lowest BCUT2D eigenvalue weighted by Gasteiger charge is -2.22. The van der Waals surface area contributed by atoms with Crippen LogP contribution in [0.25, 0.3) is 0 Å². The van der Waals surface area contributed by atoms with Crippen molar-refractivity contribution in [3.05, 3.63) is 71.0 Å². The summed E-state index contributed by atoms with van der Waals surface area (Å²) in [5.41, 5.74) is 0.626. The number of rotatable bonds is 4. The zero-order valence-corrected chi connectivity index (χ0v) is 16.2. The van der Waals surface area contributed by atoms with Crippen molar-refractivity contribution in [3.8, 4) is 0 Å². The molecule has 0 radical (unpaired) electrons. The number of imide groups is 1. The molecule has 2 aliphatic rings. The molecule has 1 N–H and O–H groups in total. The number of amides is 4. The van der Waals surface area contributed by atoms with Gasteiger partial charge in [-0.05, 0) is 55.2 Å². The van der Waals surface area contributed by atoms with Crippen LogP contribution in [-0.2, 0) is 16.9 Å². The smallest absolute Gasteiger partial charge is 0.325 e. The molecule has 0 aliphatic carbocycles. The maximum absolute atomic E-state index is 13.2. The van der Waals surface area contributed by atoms with Gasteiger partial charge in [-0.2, -0.15) is 0 Å². The molecule has 7 heteroatoms. The SMILES string of the molecule is CC1(c2ccc(F)cc2)NC(=O)N(Cc2ccc(C(=O)N3CCCC3)cc2)C1=O. The van der Waals surface area contributed by atoms with E-state index in [1.807, 2.05) is 4.90 Å². The van der Waals surface area contributed by atoms with Crippen LogP contribution in [0.4, 0.5) is 9.18 Å². The van der Waals surface area contributed by atoms with Gasteiger partial charge in [0.2, 0.25) is 0 Å². The number of nitrogens with one attached hydrogen (secondary N) is 1. The number of nitrogens with zero attached hydrogens (tertiary/aromatic N) is 2. The van der Waals surface area contributed by atoms with E-state index in [1.165, 1.54) is 24.3 Å². The zero-order chi connectivity index (χ0) is 20.6. The number of hydrogen-bond donors (Lipinski definition) is 1. The molecule has 0 bridgehead atoms. The summed E-state index contributed by atoms with van der Waals surface area (Å²) >= 11 is 0. The Bertz CT molecular complexity index is 952. The highest BCUT2D eigenvalue weighted by molar-refractivity contribution is 6.07. The van der Waals surface area contributed by atoms with E-state index in [0.29, 0.717) is 11.1 Å². The fraction of sp³-hybridized carbons (Fsp3) is 0.318. The van der Waals surface area contributed by atoms with Crippen molar-refractivity contribution in [2.75, 3.05) is 13.1 Å². The number of urea groups is 1. The van der Waals surface area contributed by atoms with Crippen LogP contribution in [0.5, 0.6) is 0 Å². The third-order valence-electron chi connectivity index (χ3n) is 5.63. The molecule has 150 valence electrons.